The van der Waals surface area contributed by atoms with Crippen molar-refractivity contribution < 1.29 is 36.8 Å². The number of hydrogen-bond acceptors (Lipinski definition) is 4. The average Bonchev–Trinajstić information content (AvgIpc) is 2.17. The summed E-state index contributed by atoms with van der Waals surface area (Å²) in [5.74, 6) is -1.76. The molecule has 0 unspecified atom stereocenters. The maximum atomic E-state index is 10.9. The third-order valence-corrected chi connectivity index (χ3v) is 1.54. The van der Waals surface area contributed by atoms with Gasteiger partial charge in [0.2, 0.25) is 0 Å². The fraction of sp³-hybridized carbons (Fsp3) is 0.111. The largest absolute Gasteiger partial charge is 0.545 e. The minimum Gasteiger partial charge on any atom is -0.545 e. The van der Waals surface area contributed by atoms with Crippen LogP contribution in [0, 0.1) is 0 Å². The molecule has 0 saturated heterocycles. The maximum Gasteiger partial charge on any atom is 0.337 e. The number of carboxylic acid groups (broad SMARTS) is 1. The van der Waals surface area contributed by atoms with E-state index in [0.29, 0.717) is 5.56 Å². The van der Waals surface area contributed by atoms with Crippen molar-refractivity contribution in [1.82, 2.24) is 0 Å². The molecular formula is C9H7CrO4-. The number of carboxylic acids is 1. The Morgan fingerprint density at radius 2 is 1.57 bits per heavy atom. The van der Waals surface area contributed by atoms with Crippen LogP contribution in [0.4, 0.5) is 0 Å². The summed E-state index contributed by atoms with van der Waals surface area (Å²) < 4.78 is 4.43. The van der Waals surface area contributed by atoms with Crippen molar-refractivity contribution in [3.8, 4) is 0 Å². The maximum absolute atomic E-state index is 10.9. The van der Waals surface area contributed by atoms with E-state index in [9.17, 15) is 14.7 Å². The minimum absolute atomic E-state index is 0. The van der Waals surface area contributed by atoms with Gasteiger partial charge < -0.3 is 14.6 Å². The van der Waals surface area contributed by atoms with Gasteiger partial charge in [0.25, 0.3) is 0 Å². The van der Waals surface area contributed by atoms with Crippen molar-refractivity contribution in [2.45, 2.75) is 0 Å². The Bertz CT molecular complexity index is 331. The molecule has 0 fully saturated rings. The number of esters is 1. The zero-order valence-electron chi connectivity index (χ0n) is 7.35. The summed E-state index contributed by atoms with van der Waals surface area (Å²) in [4.78, 5) is 21.2. The van der Waals surface area contributed by atoms with Gasteiger partial charge in [0.1, 0.15) is 0 Å². The zero-order chi connectivity index (χ0) is 9.84. The van der Waals surface area contributed by atoms with E-state index in [0.717, 1.165) is 0 Å². The molecule has 0 aliphatic rings. The van der Waals surface area contributed by atoms with Crippen LogP contribution in [0.25, 0.3) is 0 Å². The van der Waals surface area contributed by atoms with Gasteiger partial charge in [0.15, 0.2) is 0 Å². The number of aromatic carboxylic acids is 1. The quantitative estimate of drug-likeness (QED) is 0.663. The summed E-state index contributed by atoms with van der Waals surface area (Å²) in [6.07, 6.45) is 0. The Balaban J connectivity index is 0.00000169. The van der Waals surface area contributed by atoms with E-state index < -0.39 is 11.9 Å². The Kier molecular flexibility index (Phi) is 4.92. The van der Waals surface area contributed by atoms with E-state index in [1.807, 2.05) is 0 Å². The van der Waals surface area contributed by atoms with Gasteiger partial charge in [-0.3, -0.25) is 0 Å². The van der Waals surface area contributed by atoms with Crippen LogP contribution in [0.1, 0.15) is 20.7 Å². The third kappa shape index (κ3) is 2.87. The van der Waals surface area contributed by atoms with Crippen molar-refractivity contribution in [2.75, 3.05) is 7.11 Å². The molecule has 0 amide bonds. The molecule has 0 radical (unpaired) electrons. The molecule has 0 atom stereocenters. The Hall–Kier alpha value is -1.31. The van der Waals surface area contributed by atoms with Crippen LogP contribution < -0.4 is 5.11 Å². The van der Waals surface area contributed by atoms with Gasteiger partial charge in [-0.05, 0) is 17.7 Å². The molecule has 1 aromatic rings. The van der Waals surface area contributed by atoms with Crippen molar-refractivity contribution in [3.63, 3.8) is 0 Å². The number of carbonyl (C=O) groups is 2. The molecule has 1 aromatic carbocycles. The van der Waals surface area contributed by atoms with E-state index >= 15 is 0 Å². The van der Waals surface area contributed by atoms with Crippen LogP contribution in [0.2, 0.25) is 0 Å². The molecule has 14 heavy (non-hydrogen) atoms. The number of methoxy groups -OCH3 is 1. The zero-order valence-corrected chi connectivity index (χ0v) is 8.63. The molecule has 0 aliphatic heterocycles. The van der Waals surface area contributed by atoms with Gasteiger partial charge in [0, 0.05) is 17.4 Å². The van der Waals surface area contributed by atoms with E-state index in [1.165, 1.54) is 31.4 Å². The van der Waals surface area contributed by atoms with Gasteiger partial charge in [-0.2, -0.15) is 0 Å². The van der Waals surface area contributed by atoms with Gasteiger partial charge in [-0.25, -0.2) is 4.79 Å². The topological polar surface area (TPSA) is 66.4 Å². The fourth-order valence-corrected chi connectivity index (χ4v) is 0.860. The molecule has 74 valence electrons. The summed E-state index contributed by atoms with van der Waals surface area (Å²) >= 11 is 0. The second-order valence-corrected chi connectivity index (χ2v) is 2.36. The number of ether oxygens (including phenoxy) is 1. The molecule has 5 heteroatoms. The number of carbonyl (C=O) groups excluding carboxylic acids is 2. The smallest absolute Gasteiger partial charge is 0.337 e. The van der Waals surface area contributed by atoms with Gasteiger partial charge in [-0.1, -0.05) is 12.1 Å². The second-order valence-electron chi connectivity index (χ2n) is 2.36. The summed E-state index contributed by atoms with van der Waals surface area (Å²) in [6.45, 7) is 0. The van der Waals surface area contributed by atoms with Crippen LogP contribution in [-0.2, 0) is 22.1 Å². The first-order valence-corrected chi connectivity index (χ1v) is 3.55. The Labute approximate surface area is 91.6 Å². The van der Waals surface area contributed by atoms with Crippen molar-refractivity contribution >= 4 is 11.9 Å². The van der Waals surface area contributed by atoms with Gasteiger partial charge >= 0.3 is 5.97 Å². The molecule has 0 aliphatic carbocycles. The van der Waals surface area contributed by atoms with Gasteiger partial charge in [0.05, 0.1) is 18.6 Å². The van der Waals surface area contributed by atoms with Crippen molar-refractivity contribution in [3.05, 3.63) is 35.4 Å². The monoisotopic (exact) mass is 231 g/mol. The first-order valence-electron chi connectivity index (χ1n) is 3.55. The Morgan fingerprint density at radius 1 is 1.14 bits per heavy atom. The average molecular weight is 231 g/mol. The molecular weight excluding hydrogens is 224 g/mol. The fourth-order valence-electron chi connectivity index (χ4n) is 0.860. The number of rotatable bonds is 2. The number of hydrogen-bond donors (Lipinski definition) is 0. The van der Waals surface area contributed by atoms with E-state index in [-0.39, 0.29) is 22.9 Å². The molecule has 0 heterocycles. The summed E-state index contributed by atoms with van der Waals surface area (Å²) in [5, 5.41) is 10.3. The number of benzene rings is 1. The third-order valence-electron chi connectivity index (χ3n) is 1.54. The van der Waals surface area contributed by atoms with Crippen LogP contribution in [0.5, 0.6) is 0 Å². The second kappa shape index (κ2) is 5.43. The van der Waals surface area contributed by atoms with E-state index in [2.05, 4.69) is 4.74 Å². The van der Waals surface area contributed by atoms with E-state index in [1.54, 1.807) is 0 Å². The molecule has 0 bridgehead atoms. The first kappa shape index (κ1) is 12.7. The van der Waals surface area contributed by atoms with Crippen LogP contribution in [0.15, 0.2) is 24.3 Å². The predicted molar refractivity (Wildman–Crippen MR) is 42.1 cm³/mol. The van der Waals surface area contributed by atoms with Gasteiger partial charge in [-0.15, -0.1) is 0 Å². The van der Waals surface area contributed by atoms with Crippen molar-refractivity contribution in [2.24, 2.45) is 0 Å². The molecule has 1 rings (SSSR count). The molecule has 4 nitrogen and oxygen atoms in total. The molecule has 0 saturated carbocycles. The summed E-state index contributed by atoms with van der Waals surface area (Å²) in [5.41, 5.74) is 0.347. The SMILES string of the molecule is COC(=O)c1ccc(C(=O)[O-])cc1.[Cr]. The first-order chi connectivity index (χ1) is 6.15. The van der Waals surface area contributed by atoms with Crippen LogP contribution >= 0.6 is 0 Å². The summed E-state index contributed by atoms with van der Waals surface area (Å²) in [7, 11) is 1.26. The predicted octanol–water partition coefficient (Wildman–Crippen LogP) is -0.166. The minimum atomic E-state index is -1.27. The van der Waals surface area contributed by atoms with E-state index in [4.69, 9.17) is 0 Å². The molecule has 0 spiro atoms. The van der Waals surface area contributed by atoms with Crippen molar-refractivity contribution in [1.29, 1.82) is 0 Å². The molecule has 0 aromatic heterocycles. The van der Waals surface area contributed by atoms with Crippen LogP contribution in [-0.4, -0.2) is 19.0 Å². The van der Waals surface area contributed by atoms with Crippen LogP contribution in [0.3, 0.4) is 0 Å². The molecule has 0 N–H and O–H groups in total. The standard InChI is InChI=1S/C9H8O4.Cr/c1-13-9(12)7-4-2-6(3-5-7)8(10)11;/h2-5H,1H3,(H,10,11);/p-1. The Morgan fingerprint density at radius 3 is 1.93 bits per heavy atom. The normalized spacial score (nSPS) is 8.64. The summed E-state index contributed by atoms with van der Waals surface area (Å²) in [6, 6.07) is 5.33.